The highest BCUT2D eigenvalue weighted by Crippen LogP contribution is 2.31. The molecule has 0 amide bonds. The Hall–Kier alpha value is -3.34. The summed E-state index contributed by atoms with van der Waals surface area (Å²) in [5, 5.41) is 5.22. The number of benzene rings is 3. The van der Waals surface area contributed by atoms with Gasteiger partial charge in [0.25, 0.3) is 0 Å². The van der Waals surface area contributed by atoms with E-state index in [0.29, 0.717) is 11.5 Å². The van der Waals surface area contributed by atoms with Crippen molar-refractivity contribution >= 4 is 22.3 Å². The molecule has 1 heterocycles. The van der Waals surface area contributed by atoms with Crippen LogP contribution in [0.4, 0.5) is 24.7 Å². The molecule has 0 saturated heterocycles. The number of aromatic nitrogens is 1. The van der Waals surface area contributed by atoms with Gasteiger partial charge in [0.1, 0.15) is 5.82 Å². The Morgan fingerprint density at radius 1 is 0.704 bits per heavy atom. The third kappa shape index (κ3) is 3.77. The Bertz CT molecular complexity index is 1090. The van der Waals surface area contributed by atoms with E-state index in [1.54, 1.807) is 18.3 Å². The molecular formula is C22H15F3N2. The van der Waals surface area contributed by atoms with Gasteiger partial charge in [-0.1, -0.05) is 42.5 Å². The van der Waals surface area contributed by atoms with Crippen molar-refractivity contribution in [2.45, 2.75) is 6.18 Å². The van der Waals surface area contributed by atoms with Gasteiger partial charge in [0.05, 0.1) is 5.56 Å². The molecule has 0 bridgehead atoms. The molecular weight excluding hydrogens is 349 g/mol. The zero-order valence-electron chi connectivity index (χ0n) is 14.2. The lowest BCUT2D eigenvalue weighted by Crippen LogP contribution is -2.05. The second kappa shape index (κ2) is 6.76. The fourth-order valence-corrected chi connectivity index (χ4v) is 2.93. The molecule has 2 nitrogen and oxygen atoms in total. The Kier molecular flexibility index (Phi) is 4.28. The van der Waals surface area contributed by atoms with E-state index < -0.39 is 11.7 Å². The Morgan fingerprint density at radius 3 is 2.22 bits per heavy atom. The van der Waals surface area contributed by atoms with Gasteiger partial charge in [-0.15, -0.1) is 0 Å². The first-order chi connectivity index (χ1) is 13.0. The van der Waals surface area contributed by atoms with Crippen LogP contribution in [0.15, 0.2) is 85.1 Å². The van der Waals surface area contributed by atoms with Gasteiger partial charge >= 0.3 is 6.18 Å². The van der Waals surface area contributed by atoms with Crippen LogP contribution in [0.25, 0.3) is 21.9 Å². The molecule has 0 aliphatic heterocycles. The first kappa shape index (κ1) is 17.1. The highest BCUT2D eigenvalue weighted by molar-refractivity contribution is 5.87. The molecule has 0 atom stereocenters. The van der Waals surface area contributed by atoms with Crippen LogP contribution in [0.3, 0.4) is 0 Å². The molecule has 0 radical (unpaired) electrons. The van der Waals surface area contributed by atoms with Gasteiger partial charge in [-0.05, 0) is 52.7 Å². The Labute approximate surface area is 154 Å². The number of alkyl halides is 3. The molecule has 0 aliphatic carbocycles. The number of hydrogen-bond donors (Lipinski definition) is 1. The standard InChI is InChI=1S/C22H15F3N2/c23-22(24,25)19-6-3-7-20(13-19)27-21-11-10-18(14-26-21)17-9-8-15-4-1-2-5-16(15)12-17/h1-14H,(H,26,27). The predicted octanol–water partition coefficient (Wildman–Crippen LogP) is 6.66. The highest BCUT2D eigenvalue weighted by atomic mass is 19.4. The van der Waals surface area contributed by atoms with Crippen LogP contribution < -0.4 is 5.32 Å². The van der Waals surface area contributed by atoms with Gasteiger partial charge < -0.3 is 5.32 Å². The number of nitrogens with zero attached hydrogens (tertiary/aromatic N) is 1. The summed E-state index contributed by atoms with van der Waals surface area (Å²) < 4.78 is 38.4. The van der Waals surface area contributed by atoms with E-state index in [1.165, 1.54) is 6.07 Å². The van der Waals surface area contributed by atoms with Crippen LogP contribution in [-0.4, -0.2) is 4.98 Å². The largest absolute Gasteiger partial charge is 0.416 e. The zero-order chi connectivity index (χ0) is 18.9. The third-order valence-corrected chi connectivity index (χ3v) is 4.31. The second-order valence-electron chi connectivity index (χ2n) is 6.20. The van der Waals surface area contributed by atoms with Gasteiger partial charge in [-0.25, -0.2) is 4.98 Å². The molecule has 27 heavy (non-hydrogen) atoms. The van der Waals surface area contributed by atoms with Gasteiger partial charge in [0, 0.05) is 17.4 Å². The van der Waals surface area contributed by atoms with Gasteiger partial charge in [-0.2, -0.15) is 13.2 Å². The van der Waals surface area contributed by atoms with Crippen LogP contribution in [0.1, 0.15) is 5.56 Å². The van der Waals surface area contributed by atoms with E-state index >= 15 is 0 Å². The van der Waals surface area contributed by atoms with Crippen molar-refractivity contribution in [3.8, 4) is 11.1 Å². The molecule has 4 aromatic rings. The van der Waals surface area contributed by atoms with Crippen molar-refractivity contribution in [1.82, 2.24) is 4.98 Å². The maximum Gasteiger partial charge on any atom is 0.416 e. The monoisotopic (exact) mass is 364 g/mol. The number of nitrogens with one attached hydrogen (secondary N) is 1. The van der Waals surface area contributed by atoms with Crippen LogP contribution in [0.2, 0.25) is 0 Å². The fraction of sp³-hybridized carbons (Fsp3) is 0.0455. The average Bonchev–Trinajstić information content (AvgIpc) is 2.68. The fourth-order valence-electron chi connectivity index (χ4n) is 2.93. The van der Waals surface area contributed by atoms with Crippen LogP contribution in [-0.2, 0) is 6.18 Å². The summed E-state index contributed by atoms with van der Waals surface area (Å²) in [6.45, 7) is 0. The molecule has 0 spiro atoms. The lowest BCUT2D eigenvalue weighted by atomic mass is 10.0. The van der Waals surface area contributed by atoms with Gasteiger partial charge in [0.2, 0.25) is 0 Å². The summed E-state index contributed by atoms with van der Waals surface area (Å²) in [4.78, 5) is 4.33. The third-order valence-electron chi connectivity index (χ3n) is 4.31. The van der Waals surface area contributed by atoms with E-state index in [4.69, 9.17) is 0 Å². The minimum atomic E-state index is -4.37. The molecule has 0 unspecified atom stereocenters. The van der Waals surface area contributed by atoms with Crippen LogP contribution in [0, 0.1) is 0 Å². The van der Waals surface area contributed by atoms with Crippen molar-refractivity contribution in [3.63, 3.8) is 0 Å². The van der Waals surface area contributed by atoms with E-state index in [2.05, 4.69) is 34.6 Å². The first-order valence-corrected chi connectivity index (χ1v) is 8.38. The quantitative estimate of drug-likeness (QED) is 0.439. The summed E-state index contributed by atoms with van der Waals surface area (Å²) in [6, 6.07) is 23.0. The molecule has 134 valence electrons. The molecule has 0 saturated carbocycles. The summed E-state index contributed by atoms with van der Waals surface area (Å²) >= 11 is 0. The SMILES string of the molecule is FC(F)(F)c1cccc(Nc2ccc(-c3ccc4ccccc4c3)cn2)c1. The second-order valence-corrected chi connectivity index (χ2v) is 6.20. The summed E-state index contributed by atoms with van der Waals surface area (Å²) in [5.74, 6) is 0.485. The first-order valence-electron chi connectivity index (χ1n) is 8.38. The van der Waals surface area contributed by atoms with Gasteiger partial charge in [-0.3, -0.25) is 0 Å². The molecule has 4 rings (SSSR count). The Morgan fingerprint density at radius 2 is 1.48 bits per heavy atom. The van der Waals surface area contributed by atoms with E-state index in [9.17, 15) is 13.2 Å². The van der Waals surface area contributed by atoms with E-state index in [0.717, 1.165) is 34.0 Å². The number of hydrogen-bond acceptors (Lipinski definition) is 2. The van der Waals surface area contributed by atoms with Crippen molar-refractivity contribution in [1.29, 1.82) is 0 Å². The molecule has 0 fully saturated rings. The number of fused-ring (bicyclic) bond motifs is 1. The minimum absolute atomic E-state index is 0.343. The minimum Gasteiger partial charge on any atom is -0.340 e. The maximum absolute atomic E-state index is 12.8. The number of pyridine rings is 1. The molecule has 3 aromatic carbocycles. The molecule has 5 heteroatoms. The van der Waals surface area contributed by atoms with Crippen LogP contribution in [0.5, 0.6) is 0 Å². The Balaban J connectivity index is 1.57. The lowest BCUT2D eigenvalue weighted by Gasteiger charge is -2.10. The normalized spacial score (nSPS) is 11.5. The molecule has 1 aromatic heterocycles. The topological polar surface area (TPSA) is 24.9 Å². The van der Waals surface area contributed by atoms with Crippen molar-refractivity contribution in [2.24, 2.45) is 0 Å². The van der Waals surface area contributed by atoms with E-state index in [1.807, 2.05) is 24.3 Å². The highest BCUT2D eigenvalue weighted by Gasteiger charge is 2.30. The van der Waals surface area contributed by atoms with Crippen molar-refractivity contribution in [2.75, 3.05) is 5.32 Å². The van der Waals surface area contributed by atoms with Crippen molar-refractivity contribution < 1.29 is 13.2 Å². The average molecular weight is 364 g/mol. The number of halogens is 3. The molecule has 0 aliphatic rings. The predicted molar refractivity (Wildman–Crippen MR) is 102 cm³/mol. The van der Waals surface area contributed by atoms with Crippen LogP contribution >= 0.6 is 0 Å². The summed E-state index contributed by atoms with van der Waals surface area (Å²) in [5.41, 5.74) is 1.62. The van der Waals surface area contributed by atoms with E-state index in [-0.39, 0.29) is 0 Å². The summed E-state index contributed by atoms with van der Waals surface area (Å²) in [7, 11) is 0. The maximum atomic E-state index is 12.8. The zero-order valence-corrected chi connectivity index (χ0v) is 14.2. The number of rotatable bonds is 3. The molecule has 1 N–H and O–H groups in total. The lowest BCUT2D eigenvalue weighted by molar-refractivity contribution is -0.137. The smallest absolute Gasteiger partial charge is 0.340 e. The van der Waals surface area contributed by atoms with Crippen molar-refractivity contribution in [3.05, 3.63) is 90.6 Å². The number of anilines is 2. The van der Waals surface area contributed by atoms with Gasteiger partial charge in [0.15, 0.2) is 0 Å². The summed E-state index contributed by atoms with van der Waals surface area (Å²) in [6.07, 6.45) is -2.66.